The van der Waals surface area contributed by atoms with Gasteiger partial charge in [0.25, 0.3) is 0 Å². The summed E-state index contributed by atoms with van der Waals surface area (Å²) in [5.74, 6) is -2.79. The summed E-state index contributed by atoms with van der Waals surface area (Å²) >= 11 is 0. The molecular weight excluding hydrogens is 148 g/mol. The first-order valence-corrected chi connectivity index (χ1v) is 3.52. The zero-order valence-electron chi connectivity index (χ0n) is 6.41. The van der Waals surface area contributed by atoms with Crippen LogP contribution in [0.3, 0.4) is 0 Å². The monoisotopic (exact) mass is 160 g/mol. The average molecular weight is 160 g/mol. The SMILES string of the molecule is CCC[C@@H](CC(=O)O)C(=O)O. The molecule has 0 saturated heterocycles. The molecule has 0 spiro atoms. The molecule has 0 bridgehead atoms. The van der Waals surface area contributed by atoms with E-state index in [4.69, 9.17) is 10.2 Å². The number of rotatable bonds is 5. The molecule has 64 valence electrons. The van der Waals surface area contributed by atoms with Crippen LogP contribution in [0.4, 0.5) is 0 Å². The first kappa shape index (κ1) is 9.94. The van der Waals surface area contributed by atoms with Crippen molar-refractivity contribution in [2.45, 2.75) is 26.2 Å². The van der Waals surface area contributed by atoms with Crippen molar-refractivity contribution >= 4 is 11.9 Å². The number of aliphatic carboxylic acids is 2. The lowest BCUT2D eigenvalue weighted by molar-refractivity contribution is -0.148. The van der Waals surface area contributed by atoms with Crippen LogP contribution in [0, 0.1) is 5.92 Å². The van der Waals surface area contributed by atoms with Crippen LogP contribution < -0.4 is 0 Å². The molecule has 4 heteroatoms. The number of hydrogen-bond acceptors (Lipinski definition) is 2. The van der Waals surface area contributed by atoms with Gasteiger partial charge >= 0.3 is 11.9 Å². The molecule has 0 aliphatic carbocycles. The topological polar surface area (TPSA) is 74.6 Å². The van der Waals surface area contributed by atoms with Crippen molar-refractivity contribution in [3.63, 3.8) is 0 Å². The van der Waals surface area contributed by atoms with Crippen molar-refractivity contribution in [3.8, 4) is 0 Å². The third kappa shape index (κ3) is 4.36. The van der Waals surface area contributed by atoms with Gasteiger partial charge in [-0.2, -0.15) is 0 Å². The molecule has 0 amide bonds. The van der Waals surface area contributed by atoms with E-state index in [1.54, 1.807) is 0 Å². The maximum absolute atomic E-state index is 10.4. The van der Waals surface area contributed by atoms with Crippen molar-refractivity contribution in [2.24, 2.45) is 5.92 Å². The number of carboxylic acid groups (broad SMARTS) is 2. The molecule has 0 aliphatic rings. The quantitative estimate of drug-likeness (QED) is 0.628. The van der Waals surface area contributed by atoms with Gasteiger partial charge < -0.3 is 10.2 Å². The fourth-order valence-electron chi connectivity index (χ4n) is 0.872. The minimum Gasteiger partial charge on any atom is -0.481 e. The molecule has 0 saturated carbocycles. The average Bonchev–Trinajstić information content (AvgIpc) is 1.86. The lowest BCUT2D eigenvalue weighted by atomic mass is 10.0. The van der Waals surface area contributed by atoms with Gasteiger partial charge in [-0.25, -0.2) is 0 Å². The van der Waals surface area contributed by atoms with Crippen LogP contribution in [0.25, 0.3) is 0 Å². The van der Waals surface area contributed by atoms with E-state index < -0.39 is 17.9 Å². The second-order valence-corrected chi connectivity index (χ2v) is 2.42. The molecule has 0 unspecified atom stereocenters. The zero-order chi connectivity index (χ0) is 8.85. The fraction of sp³-hybridized carbons (Fsp3) is 0.714. The minimum atomic E-state index is -1.05. The highest BCUT2D eigenvalue weighted by molar-refractivity contribution is 5.77. The van der Waals surface area contributed by atoms with Gasteiger partial charge in [0, 0.05) is 0 Å². The van der Waals surface area contributed by atoms with Crippen molar-refractivity contribution in [3.05, 3.63) is 0 Å². The molecule has 0 aromatic heterocycles. The third-order valence-electron chi connectivity index (χ3n) is 1.41. The normalized spacial score (nSPS) is 12.5. The van der Waals surface area contributed by atoms with E-state index in [0.717, 1.165) is 0 Å². The standard InChI is InChI=1S/C7H12O4/c1-2-3-5(7(10)11)4-6(8)9/h5H,2-4H2,1H3,(H,8,9)(H,10,11)/t5-/m0/s1. The van der Waals surface area contributed by atoms with E-state index in [0.29, 0.717) is 12.8 Å². The van der Waals surface area contributed by atoms with Gasteiger partial charge in [0.2, 0.25) is 0 Å². The van der Waals surface area contributed by atoms with Crippen LogP contribution in [0.2, 0.25) is 0 Å². The highest BCUT2D eigenvalue weighted by Crippen LogP contribution is 2.10. The molecule has 0 fully saturated rings. The summed E-state index contributed by atoms with van der Waals surface area (Å²) in [6.45, 7) is 1.83. The van der Waals surface area contributed by atoms with Crippen LogP contribution in [0.5, 0.6) is 0 Å². The second kappa shape index (κ2) is 4.71. The van der Waals surface area contributed by atoms with Crippen molar-refractivity contribution < 1.29 is 19.8 Å². The lowest BCUT2D eigenvalue weighted by Crippen LogP contribution is -2.17. The van der Waals surface area contributed by atoms with Gasteiger partial charge in [-0.15, -0.1) is 0 Å². The smallest absolute Gasteiger partial charge is 0.307 e. The Morgan fingerprint density at radius 2 is 1.91 bits per heavy atom. The molecule has 0 heterocycles. The van der Waals surface area contributed by atoms with Crippen molar-refractivity contribution in [2.75, 3.05) is 0 Å². The maximum atomic E-state index is 10.4. The van der Waals surface area contributed by atoms with Crippen molar-refractivity contribution in [1.29, 1.82) is 0 Å². The Bertz CT molecular complexity index is 153. The highest BCUT2D eigenvalue weighted by Gasteiger charge is 2.19. The predicted octanol–water partition coefficient (Wildman–Crippen LogP) is 0.962. The first-order valence-electron chi connectivity index (χ1n) is 3.52. The van der Waals surface area contributed by atoms with E-state index >= 15 is 0 Å². The second-order valence-electron chi connectivity index (χ2n) is 2.42. The van der Waals surface area contributed by atoms with Gasteiger partial charge in [-0.1, -0.05) is 13.3 Å². The summed E-state index contributed by atoms with van der Waals surface area (Å²) in [5, 5.41) is 16.8. The van der Waals surface area contributed by atoms with Gasteiger partial charge in [-0.3, -0.25) is 9.59 Å². The summed E-state index contributed by atoms with van der Waals surface area (Å²) in [7, 11) is 0. The van der Waals surface area contributed by atoms with Crippen LogP contribution in [-0.4, -0.2) is 22.2 Å². The molecule has 0 radical (unpaired) electrons. The predicted molar refractivity (Wildman–Crippen MR) is 38.3 cm³/mol. The molecule has 1 atom stereocenters. The van der Waals surface area contributed by atoms with Crippen LogP contribution in [0.15, 0.2) is 0 Å². The Kier molecular flexibility index (Phi) is 4.26. The number of carbonyl (C=O) groups is 2. The Balaban J connectivity index is 3.89. The molecule has 11 heavy (non-hydrogen) atoms. The van der Waals surface area contributed by atoms with Crippen molar-refractivity contribution in [1.82, 2.24) is 0 Å². The molecule has 0 aromatic carbocycles. The summed E-state index contributed by atoms with van der Waals surface area (Å²) < 4.78 is 0. The summed E-state index contributed by atoms with van der Waals surface area (Å²) in [6, 6.07) is 0. The Morgan fingerprint density at radius 1 is 1.36 bits per heavy atom. The van der Waals surface area contributed by atoms with Crippen LogP contribution in [0.1, 0.15) is 26.2 Å². The third-order valence-corrected chi connectivity index (χ3v) is 1.41. The van der Waals surface area contributed by atoms with E-state index in [1.165, 1.54) is 0 Å². The van der Waals surface area contributed by atoms with Crippen LogP contribution >= 0.6 is 0 Å². The molecule has 0 rings (SSSR count). The molecule has 0 aromatic rings. The summed E-state index contributed by atoms with van der Waals surface area (Å²) in [6.07, 6.45) is 0.856. The highest BCUT2D eigenvalue weighted by atomic mass is 16.4. The van der Waals surface area contributed by atoms with E-state index in [1.807, 2.05) is 6.92 Å². The van der Waals surface area contributed by atoms with E-state index in [-0.39, 0.29) is 6.42 Å². The fourth-order valence-corrected chi connectivity index (χ4v) is 0.872. The largest absolute Gasteiger partial charge is 0.481 e. The maximum Gasteiger partial charge on any atom is 0.307 e. The Hall–Kier alpha value is -1.06. The van der Waals surface area contributed by atoms with Crippen LogP contribution in [-0.2, 0) is 9.59 Å². The lowest BCUT2D eigenvalue weighted by Gasteiger charge is -2.06. The first-order chi connectivity index (χ1) is 5.07. The van der Waals surface area contributed by atoms with Gasteiger partial charge in [0.15, 0.2) is 0 Å². The Labute approximate surface area is 64.8 Å². The molecule has 4 nitrogen and oxygen atoms in total. The Morgan fingerprint density at radius 3 is 2.18 bits per heavy atom. The van der Waals surface area contributed by atoms with Gasteiger partial charge in [0.05, 0.1) is 12.3 Å². The van der Waals surface area contributed by atoms with E-state index in [9.17, 15) is 9.59 Å². The summed E-state index contributed by atoms with van der Waals surface area (Å²) in [5.41, 5.74) is 0. The number of hydrogen-bond donors (Lipinski definition) is 2. The van der Waals surface area contributed by atoms with Gasteiger partial charge in [0.1, 0.15) is 0 Å². The molecule has 2 N–H and O–H groups in total. The zero-order valence-corrected chi connectivity index (χ0v) is 6.41. The summed E-state index contributed by atoms with van der Waals surface area (Å²) in [4.78, 5) is 20.5. The van der Waals surface area contributed by atoms with Gasteiger partial charge in [-0.05, 0) is 6.42 Å². The van der Waals surface area contributed by atoms with E-state index in [2.05, 4.69) is 0 Å². The number of carboxylic acids is 2. The molecular formula is C7H12O4. The molecule has 0 aliphatic heterocycles. The minimum absolute atomic E-state index is 0.275.